The minimum Gasteiger partial charge on any atom is -0.475 e. The van der Waals surface area contributed by atoms with Gasteiger partial charge in [0.15, 0.2) is 0 Å². The summed E-state index contributed by atoms with van der Waals surface area (Å²) in [5.41, 5.74) is 0.602. The van der Waals surface area contributed by atoms with Crippen molar-refractivity contribution in [3.05, 3.63) is 81.9 Å². The molecule has 1 saturated heterocycles. The maximum atomic E-state index is 13.0. The SMILES string of the molecule is CN(C)c1nc(N2CCC(CNS(=O)(=O)c3ccc(Oc4c(Cl)cccc4[N+](=O)[O-])cc3)CC2)nc2ccccc12.O=C(O)C(F)(F)F. The second kappa shape index (κ2) is 15.0. The third-order valence-electron chi connectivity index (χ3n) is 7.19. The van der Waals surface area contributed by atoms with Gasteiger partial charge in [-0.25, -0.2) is 22.9 Å². The van der Waals surface area contributed by atoms with Crippen molar-refractivity contribution in [1.29, 1.82) is 0 Å². The van der Waals surface area contributed by atoms with E-state index in [0.29, 0.717) is 12.5 Å². The molecule has 0 saturated carbocycles. The van der Waals surface area contributed by atoms with E-state index in [2.05, 4.69) is 9.62 Å². The van der Waals surface area contributed by atoms with E-state index in [4.69, 9.17) is 36.2 Å². The molecule has 48 heavy (non-hydrogen) atoms. The van der Waals surface area contributed by atoms with Crippen LogP contribution < -0.4 is 19.3 Å². The Bertz CT molecular complexity index is 1890. The Morgan fingerprint density at radius 3 is 2.29 bits per heavy atom. The smallest absolute Gasteiger partial charge is 0.475 e. The molecule has 5 rings (SSSR count). The van der Waals surface area contributed by atoms with Gasteiger partial charge in [0.1, 0.15) is 11.6 Å². The summed E-state index contributed by atoms with van der Waals surface area (Å²) >= 11 is 6.08. The molecule has 0 unspecified atom stereocenters. The van der Waals surface area contributed by atoms with E-state index in [0.717, 1.165) is 42.7 Å². The summed E-state index contributed by atoms with van der Waals surface area (Å²) in [4.78, 5) is 33.4. The van der Waals surface area contributed by atoms with Gasteiger partial charge in [0.2, 0.25) is 21.7 Å². The number of halogens is 4. The van der Waals surface area contributed by atoms with Gasteiger partial charge in [-0.05, 0) is 61.2 Å². The Labute approximate surface area is 278 Å². The first kappa shape index (κ1) is 36.1. The van der Waals surface area contributed by atoms with Crippen LogP contribution in [0.4, 0.5) is 30.6 Å². The lowest BCUT2D eigenvalue weighted by Gasteiger charge is -2.32. The number of para-hydroxylation sites is 2. The van der Waals surface area contributed by atoms with Crippen LogP contribution in [0.25, 0.3) is 10.9 Å². The van der Waals surface area contributed by atoms with Crippen molar-refractivity contribution in [2.45, 2.75) is 23.9 Å². The van der Waals surface area contributed by atoms with Crippen molar-refractivity contribution < 1.29 is 41.2 Å². The normalized spacial score (nSPS) is 13.8. The number of carbonyl (C=O) groups is 1. The molecule has 1 fully saturated rings. The second-order valence-corrected chi connectivity index (χ2v) is 12.9. The molecule has 3 aromatic carbocycles. The highest BCUT2D eigenvalue weighted by Gasteiger charge is 2.38. The number of aromatic nitrogens is 2. The topological polar surface area (TPSA) is 168 Å². The highest BCUT2D eigenvalue weighted by atomic mass is 35.5. The Kier molecular flexibility index (Phi) is 11.3. The number of hydrogen-bond acceptors (Lipinski definition) is 10. The van der Waals surface area contributed by atoms with Gasteiger partial charge in [-0.3, -0.25) is 10.1 Å². The van der Waals surface area contributed by atoms with Crippen LogP contribution in [0.5, 0.6) is 11.5 Å². The summed E-state index contributed by atoms with van der Waals surface area (Å²) in [6.45, 7) is 1.75. The van der Waals surface area contributed by atoms with Crippen molar-refractivity contribution in [3.8, 4) is 11.5 Å². The van der Waals surface area contributed by atoms with Crippen LogP contribution >= 0.6 is 11.6 Å². The Hall–Kier alpha value is -4.74. The molecule has 256 valence electrons. The first-order valence-electron chi connectivity index (χ1n) is 14.3. The summed E-state index contributed by atoms with van der Waals surface area (Å²) in [5, 5.41) is 19.5. The van der Waals surface area contributed by atoms with Crippen molar-refractivity contribution in [1.82, 2.24) is 14.7 Å². The molecule has 4 aromatic rings. The predicted molar refractivity (Wildman–Crippen MR) is 172 cm³/mol. The standard InChI is InChI=1S/C28H29ClN6O5S.C2HF3O2/c1-33(2)27-22-6-3-4-8-24(22)31-28(32-27)34-16-14-19(15-17-34)18-30-41(38,39)21-12-10-20(11-13-21)40-26-23(29)7-5-9-25(26)35(36)37;3-2(4,5)1(6)7/h3-13,19,30H,14-18H2,1-2H3;(H,6,7). The number of benzene rings is 3. The van der Waals surface area contributed by atoms with Gasteiger partial charge in [-0.1, -0.05) is 29.8 Å². The number of rotatable bonds is 9. The van der Waals surface area contributed by atoms with Gasteiger partial charge in [0.05, 0.1) is 20.4 Å². The average molecular weight is 711 g/mol. The van der Waals surface area contributed by atoms with Crippen molar-refractivity contribution in [2.24, 2.45) is 5.92 Å². The van der Waals surface area contributed by atoms with E-state index >= 15 is 0 Å². The molecule has 0 atom stereocenters. The number of carboxylic acid groups (broad SMARTS) is 1. The molecular weight excluding hydrogens is 681 g/mol. The average Bonchev–Trinajstić information content (AvgIpc) is 3.04. The molecule has 0 bridgehead atoms. The fourth-order valence-electron chi connectivity index (χ4n) is 4.73. The van der Waals surface area contributed by atoms with Crippen molar-refractivity contribution >= 4 is 56.0 Å². The fourth-order valence-corrected chi connectivity index (χ4v) is 6.05. The minimum atomic E-state index is -5.08. The number of nitro benzene ring substituents is 1. The monoisotopic (exact) mass is 710 g/mol. The molecule has 1 aromatic heterocycles. The molecule has 18 heteroatoms. The summed E-state index contributed by atoms with van der Waals surface area (Å²) in [5.74, 6) is -0.935. The minimum absolute atomic E-state index is 0.0664. The number of anilines is 2. The Morgan fingerprint density at radius 2 is 1.71 bits per heavy atom. The van der Waals surface area contributed by atoms with Gasteiger partial charge in [-0.15, -0.1) is 0 Å². The van der Waals surface area contributed by atoms with Crippen LogP contribution in [0.2, 0.25) is 5.02 Å². The molecule has 0 aliphatic carbocycles. The first-order chi connectivity index (χ1) is 22.6. The number of ether oxygens (including phenoxy) is 1. The summed E-state index contributed by atoms with van der Waals surface area (Å²) in [7, 11) is 0.154. The molecule has 0 spiro atoms. The largest absolute Gasteiger partial charge is 0.490 e. The van der Waals surface area contributed by atoms with Crippen molar-refractivity contribution in [3.63, 3.8) is 0 Å². The maximum Gasteiger partial charge on any atom is 0.490 e. The van der Waals surface area contributed by atoms with Crippen LogP contribution in [-0.2, 0) is 14.8 Å². The van der Waals surface area contributed by atoms with Crippen LogP contribution in [0.3, 0.4) is 0 Å². The molecule has 1 aliphatic heterocycles. The zero-order chi connectivity index (χ0) is 35.2. The lowest BCUT2D eigenvalue weighted by molar-refractivity contribution is -0.385. The maximum absolute atomic E-state index is 13.0. The Balaban J connectivity index is 0.000000671. The first-order valence-corrected chi connectivity index (χ1v) is 16.1. The molecule has 2 N–H and O–H groups in total. The van der Waals surface area contributed by atoms with E-state index in [1.54, 1.807) is 0 Å². The summed E-state index contributed by atoms with van der Waals surface area (Å²) in [6, 6.07) is 17.8. The zero-order valence-corrected chi connectivity index (χ0v) is 27.1. The number of fused-ring (bicyclic) bond motifs is 1. The van der Waals surface area contributed by atoms with Gasteiger partial charge in [0, 0.05) is 45.2 Å². The van der Waals surface area contributed by atoms with E-state index in [1.165, 1.54) is 42.5 Å². The van der Waals surface area contributed by atoms with E-state index in [1.807, 2.05) is 43.3 Å². The third-order valence-corrected chi connectivity index (χ3v) is 8.93. The number of nitrogens with one attached hydrogen (secondary N) is 1. The molecule has 13 nitrogen and oxygen atoms in total. The van der Waals surface area contributed by atoms with Crippen LogP contribution in [-0.4, -0.2) is 74.3 Å². The quantitative estimate of drug-likeness (QED) is 0.157. The van der Waals surface area contributed by atoms with Gasteiger partial charge < -0.3 is 19.6 Å². The third kappa shape index (κ3) is 8.99. The van der Waals surface area contributed by atoms with Gasteiger partial charge in [0.25, 0.3) is 0 Å². The lowest BCUT2D eigenvalue weighted by Crippen LogP contribution is -2.39. The predicted octanol–water partition coefficient (Wildman–Crippen LogP) is 5.88. The van der Waals surface area contributed by atoms with Crippen molar-refractivity contribution in [2.75, 3.05) is 43.5 Å². The highest BCUT2D eigenvalue weighted by Crippen LogP contribution is 2.38. The number of sulfonamides is 1. The number of alkyl halides is 3. The lowest BCUT2D eigenvalue weighted by atomic mass is 9.97. The second-order valence-electron chi connectivity index (χ2n) is 10.8. The fraction of sp³-hybridized carbons (Fsp3) is 0.300. The number of nitro groups is 1. The summed E-state index contributed by atoms with van der Waals surface area (Å²) < 4.78 is 66.0. The van der Waals surface area contributed by atoms with Crippen LogP contribution in [0, 0.1) is 16.0 Å². The number of piperidine rings is 1. The molecule has 0 amide bonds. The van der Waals surface area contributed by atoms with Crippen LogP contribution in [0.1, 0.15) is 12.8 Å². The number of carboxylic acids is 1. The molecule has 0 radical (unpaired) electrons. The molecular formula is C30H30ClF3N6O7S. The Morgan fingerprint density at radius 1 is 1.08 bits per heavy atom. The number of hydrogen-bond donors (Lipinski definition) is 2. The van der Waals surface area contributed by atoms with E-state index in [9.17, 15) is 31.7 Å². The van der Waals surface area contributed by atoms with E-state index < -0.39 is 27.1 Å². The van der Waals surface area contributed by atoms with Gasteiger partial charge in [-0.2, -0.15) is 18.2 Å². The molecule has 2 heterocycles. The number of nitrogens with zero attached hydrogens (tertiary/aromatic N) is 5. The summed E-state index contributed by atoms with van der Waals surface area (Å²) in [6.07, 6.45) is -3.50. The number of aliphatic carboxylic acids is 1. The molecule has 1 aliphatic rings. The highest BCUT2D eigenvalue weighted by molar-refractivity contribution is 7.89. The van der Waals surface area contributed by atoms with Gasteiger partial charge >= 0.3 is 17.8 Å². The van der Waals surface area contributed by atoms with E-state index in [-0.39, 0.29) is 33.0 Å². The zero-order valence-electron chi connectivity index (χ0n) is 25.5. The van der Waals surface area contributed by atoms with Crippen LogP contribution in [0.15, 0.2) is 71.6 Å².